The van der Waals surface area contributed by atoms with Gasteiger partial charge in [0.05, 0.1) is 0 Å². The van der Waals surface area contributed by atoms with Gasteiger partial charge in [0.2, 0.25) is 5.91 Å². The molecule has 1 heterocycles. The Kier molecular flexibility index (Phi) is 12.7. The first kappa shape index (κ1) is 26.4. The lowest BCUT2D eigenvalue weighted by Gasteiger charge is -2.35. The van der Waals surface area contributed by atoms with Gasteiger partial charge >= 0.3 is 0 Å². The summed E-state index contributed by atoms with van der Waals surface area (Å²) < 4.78 is 19.0. The van der Waals surface area contributed by atoms with Crippen molar-refractivity contribution in [2.75, 3.05) is 58.4 Å². The molecule has 1 unspecified atom stereocenters. The fourth-order valence-corrected chi connectivity index (χ4v) is 3.16. The molecule has 0 radical (unpaired) electrons. The maximum absolute atomic E-state index is 13.6. The molecule has 0 saturated carbocycles. The maximum Gasteiger partial charge on any atom is 0.243 e. The average molecular weight is 535 g/mol. The largest absolute Gasteiger partial charge is 0.382 e. The van der Waals surface area contributed by atoms with Crippen LogP contribution in [0.25, 0.3) is 0 Å². The molecule has 0 aliphatic carbocycles. The molecule has 170 valence electrons. The lowest BCUT2D eigenvalue weighted by Crippen LogP contribution is -2.51. The van der Waals surface area contributed by atoms with Crippen molar-refractivity contribution < 1.29 is 13.9 Å². The summed E-state index contributed by atoms with van der Waals surface area (Å²) >= 11 is 0. The maximum atomic E-state index is 13.6. The molecule has 7 nitrogen and oxygen atoms in total. The van der Waals surface area contributed by atoms with Crippen LogP contribution in [0.15, 0.2) is 29.3 Å². The first-order valence-electron chi connectivity index (χ1n) is 10.3. The minimum Gasteiger partial charge on any atom is -0.382 e. The van der Waals surface area contributed by atoms with Crippen molar-refractivity contribution in [2.24, 2.45) is 4.99 Å². The zero-order chi connectivity index (χ0) is 21.1. The number of halogens is 2. The summed E-state index contributed by atoms with van der Waals surface area (Å²) in [5.74, 6) is 0.353. The fraction of sp³-hybridized carbons (Fsp3) is 0.619. The number of hydrogen-bond donors (Lipinski definition) is 2. The minimum absolute atomic E-state index is 0. The number of amides is 1. The highest BCUT2D eigenvalue weighted by molar-refractivity contribution is 14.0. The van der Waals surface area contributed by atoms with Gasteiger partial charge in [-0.1, -0.05) is 6.07 Å². The highest BCUT2D eigenvalue weighted by Crippen LogP contribution is 2.20. The minimum atomic E-state index is -0.224. The summed E-state index contributed by atoms with van der Waals surface area (Å²) in [5.41, 5.74) is 0.891. The van der Waals surface area contributed by atoms with Crippen LogP contribution in [0.3, 0.4) is 0 Å². The van der Waals surface area contributed by atoms with Gasteiger partial charge in [0.1, 0.15) is 12.4 Å². The van der Waals surface area contributed by atoms with E-state index in [1.54, 1.807) is 26.2 Å². The Morgan fingerprint density at radius 1 is 1.40 bits per heavy atom. The molecule has 2 N–H and O–H groups in total. The molecule has 1 saturated heterocycles. The molecule has 0 aromatic heterocycles. The normalized spacial score (nSPS) is 16.6. The van der Waals surface area contributed by atoms with E-state index in [-0.39, 0.29) is 48.3 Å². The van der Waals surface area contributed by atoms with Crippen LogP contribution in [0, 0.1) is 5.82 Å². The van der Waals surface area contributed by atoms with E-state index in [9.17, 15) is 9.18 Å². The van der Waals surface area contributed by atoms with Crippen LogP contribution in [-0.2, 0) is 9.53 Å². The number of anilines is 1. The van der Waals surface area contributed by atoms with E-state index >= 15 is 0 Å². The monoisotopic (exact) mass is 535 g/mol. The van der Waals surface area contributed by atoms with Gasteiger partial charge in [-0.25, -0.2) is 9.38 Å². The van der Waals surface area contributed by atoms with Crippen LogP contribution >= 0.6 is 24.0 Å². The number of nitrogens with zero attached hydrogens (tertiary/aromatic N) is 3. The van der Waals surface area contributed by atoms with E-state index in [2.05, 4.69) is 20.5 Å². The number of aliphatic imine (C=N–C) groups is 1. The van der Waals surface area contributed by atoms with Crippen molar-refractivity contribution in [3.63, 3.8) is 0 Å². The SMILES string of the molecule is CCOCCCNC(=NCC(=O)N(C)C)NC1CCCN(c2cccc(F)c2)C1.I. The van der Waals surface area contributed by atoms with Crippen molar-refractivity contribution in [3.8, 4) is 0 Å². The second kappa shape index (κ2) is 14.4. The molecule has 1 fully saturated rings. The van der Waals surface area contributed by atoms with E-state index in [0.29, 0.717) is 25.7 Å². The van der Waals surface area contributed by atoms with E-state index in [1.807, 2.05) is 13.0 Å². The number of piperidine rings is 1. The van der Waals surface area contributed by atoms with Crippen molar-refractivity contribution in [2.45, 2.75) is 32.2 Å². The van der Waals surface area contributed by atoms with Gasteiger partial charge in [-0.15, -0.1) is 24.0 Å². The first-order chi connectivity index (χ1) is 14.0. The van der Waals surface area contributed by atoms with Crippen LogP contribution < -0.4 is 15.5 Å². The molecular formula is C21H35FIN5O2. The predicted octanol–water partition coefficient (Wildman–Crippen LogP) is 2.46. The quantitative estimate of drug-likeness (QED) is 0.220. The summed E-state index contributed by atoms with van der Waals surface area (Å²) in [6, 6.07) is 6.87. The van der Waals surface area contributed by atoms with Crippen LogP contribution in [0.1, 0.15) is 26.2 Å². The van der Waals surface area contributed by atoms with Gasteiger partial charge in [0.15, 0.2) is 5.96 Å². The van der Waals surface area contributed by atoms with Crippen molar-refractivity contribution in [1.82, 2.24) is 15.5 Å². The smallest absolute Gasteiger partial charge is 0.243 e. The third-order valence-corrected chi connectivity index (χ3v) is 4.77. The average Bonchev–Trinajstić information content (AvgIpc) is 2.71. The second-order valence-electron chi connectivity index (χ2n) is 7.34. The Hall–Kier alpha value is -1.62. The zero-order valence-corrected chi connectivity index (χ0v) is 20.5. The molecule has 1 aromatic rings. The Labute approximate surface area is 196 Å². The van der Waals surface area contributed by atoms with Crippen molar-refractivity contribution in [1.29, 1.82) is 0 Å². The number of hydrogen-bond acceptors (Lipinski definition) is 4. The van der Waals surface area contributed by atoms with Crippen LogP contribution in [0.2, 0.25) is 0 Å². The Bertz CT molecular complexity index is 675. The first-order valence-corrected chi connectivity index (χ1v) is 10.3. The molecule has 30 heavy (non-hydrogen) atoms. The second-order valence-corrected chi connectivity index (χ2v) is 7.34. The molecule has 9 heteroatoms. The van der Waals surface area contributed by atoms with E-state index in [4.69, 9.17) is 4.74 Å². The molecule has 0 bridgehead atoms. The molecule has 1 aliphatic heterocycles. The number of carbonyl (C=O) groups excluding carboxylic acids is 1. The number of guanidine groups is 1. The van der Waals surface area contributed by atoms with E-state index in [1.165, 1.54) is 11.0 Å². The third-order valence-electron chi connectivity index (χ3n) is 4.77. The Morgan fingerprint density at radius 2 is 2.20 bits per heavy atom. The van der Waals surface area contributed by atoms with Crippen LogP contribution in [-0.4, -0.2) is 76.3 Å². The number of nitrogens with one attached hydrogen (secondary N) is 2. The van der Waals surface area contributed by atoms with Gasteiger partial charge in [0.25, 0.3) is 0 Å². The summed E-state index contributed by atoms with van der Waals surface area (Å²) in [6.07, 6.45) is 2.85. The molecule has 1 amide bonds. The lowest BCUT2D eigenvalue weighted by molar-refractivity contribution is -0.127. The predicted molar refractivity (Wildman–Crippen MR) is 130 cm³/mol. The fourth-order valence-electron chi connectivity index (χ4n) is 3.16. The van der Waals surface area contributed by atoms with Crippen LogP contribution in [0.5, 0.6) is 0 Å². The van der Waals surface area contributed by atoms with Gasteiger partial charge in [-0.3, -0.25) is 4.79 Å². The molecule has 1 aliphatic rings. The summed E-state index contributed by atoms with van der Waals surface area (Å²) in [5, 5.41) is 6.74. The molecule has 0 spiro atoms. The number of benzene rings is 1. The molecule has 1 atom stereocenters. The highest BCUT2D eigenvalue weighted by Gasteiger charge is 2.21. The number of ether oxygens (including phenoxy) is 1. The third kappa shape index (κ3) is 9.46. The number of likely N-dealkylation sites (N-methyl/N-ethyl adjacent to an activating group) is 1. The lowest BCUT2D eigenvalue weighted by atomic mass is 10.0. The van der Waals surface area contributed by atoms with Crippen molar-refractivity contribution in [3.05, 3.63) is 30.1 Å². The summed E-state index contributed by atoms with van der Waals surface area (Å²) in [4.78, 5) is 20.1. The van der Waals surface area contributed by atoms with Crippen molar-refractivity contribution >= 4 is 41.5 Å². The standard InChI is InChI=1S/C21H34FN5O2.HI/c1-4-29-13-7-11-23-21(24-15-20(28)26(2)3)25-18-9-6-12-27(16-18)19-10-5-8-17(22)14-19;/h5,8,10,14,18H,4,6-7,9,11-13,15-16H2,1-3H3,(H2,23,24,25);1H. The Balaban J connectivity index is 0.00000450. The van der Waals surface area contributed by atoms with Gasteiger partial charge in [0, 0.05) is 58.7 Å². The summed E-state index contributed by atoms with van der Waals surface area (Å²) in [7, 11) is 3.44. The van der Waals surface area contributed by atoms with E-state index in [0.717, 1.165) is 38.0 Å². The van der Waals surface area contributed by atoms with Crippen LogP contribution in [0.4, 0.5) is 10.1 Å². The number of rotatable bonds is 9. The van der Waals surface area contributed by atoms with E-state index < -0.39 is 0 Å². The highest BCUT2D eigenvalue weighted by atomic mass is 127. The van der Waals surface area contributed by atoms with Gasteiger partial charge < -0.3 is 25.2 Å². The zero-order valence-electron chi connectivity index (χ0n) is 18.2. The molecule has 1 aromatic carbocycles. The topological polar surface area (TPSA) is 69.2 Å². The number of carbonyl (C=O) groups is 1. The van der Waals surface area contributed by atoms with Gasteiger partial charge in [-0.05, 0) is 44.4 Å². The van der Waals surface area contributed by atoms with Gasteiger partial charge in [-0.2, -0.15) is 0 Å². The summed E-state index contributed by atoms with van der Waals surface area (Å²) in [6.45, 7) is 5.82. The molecular weight excluding hydrogens is 500 g/mol. The Morgan fingerprint density at radius 3 is 2.90 bits per heavy atom. The molecule has 2 rings (SSSR count).